The molecule has 1 unspecified atom stereocenters. The summed E-state index contributed by atoms with van der Waals surface area (Å²) >= 11 is 3.26. The monoisotopic (exact) mass is 328 g/mol. The van der Waals surface area contributed by atoms with Crippen molar-refractivity contribution in [2.75, 3.05) is 12.3 Å². The van der Waals surface area contributed by atoms with Crippen LogP contribution in [0.5, 0.6) is 0 Å². The van der Waals surface area contributed by atoms with Gasteiger partial charge in [-0.05, 0) is 46.5 Å². The van der Waals surface area contributed by atoms with Crippen LogP contribution in [0, 0.1) is 5.92 Å². The summed E-state index contributed by atoms with van der Waals surface area (Å²) in [5.41, 5.74) is 6.74. The van der Waals surface area contributed by atoms with Crippen LogP contribution in [-0.4, -0.2) is 23.5 Å². The normalized spacial score (nSPS) is 11.9. The molecule has 0 aliphatic rings. The minimum Gasteiger partial charge on any atom is -0.481 e. The Morgan fingerprint density at radius 2 is 2.16 bits per heavy atom. The number of benzene rings is 1. The minimum absolute atomic E-state index is 0.116. The van der Waals surface area contributed by atoms with Gasteiger partial charge in [-0.25, -0.2) is 0 Å². The number of nitrogens with two attached hydrogens (primary N) is 1. The van der Waals surface area contributed by atoms with Crippen LogP contribution in [0.3, 0.4) is 0 Å². The number of rotatable bonds is 6. The highest BCUT2D eigenvalue weighted by Gasteiger charge is 2.10. The van der Waals surface area contributed by atoms with Crippen LogP contribution in [0.25, 0.3) is 0 Å². The van der Waals surface area contributed by atoms with Crippen LogP contribution in [0.4, 0.5) is 5.69 Å². The quantitative estimate of drug-likeness (QED) is 0.698. The number of carboxylic acid groups (broad SMARTS) is 1. The van der Waals surface area contributed by atoms with Gasteiger partial charge in [0.2, 0.25) is 0 Å². The summed E-state index contributed by atoms with van der Waals surface area (Å²) in [6.07, 6.45) is 0.658. The summed E-state index contributed by atoms with van der Waals surface area (Å²) in [6.45, 7) is 2.36. The van der Waals surface area contributed by atoms with Crippen molar-refractivity contribution in [1.29, 1.82) is 0 Å². The first-order valence-electron chi connectivity index (χ1n) is 5.95. The molecule has 0 aliphatic carbocycles. The fourth-order valence-corrected chi connectivity index (χ4v) is 1.89. The summed E-state index contributed by atoms with van der Waals surface area (Å²) in [4.78, 5) is 22.3. The van der Waals surface area contributed by atoms with Crippen LogP contribution < -0.4 is 11.1 Å². The highest BCUT2D eigenvalue weighted by molar-refractivity contribution is 9.10. The minimum atomic E-state index is -0.819. The number of halogens is 1. The van der Waals surface area contributed by atoms with Crippen molar-refractivity contribution in [3.8, 4) is 0 Å². The molecule has 19 heavy (non-hydrogen) atoms. The first kappa shape index (κ1) is 15.5. The van der Waals surface area contributed by atoms with Crippen LogP contribution >= 0.6 is 15.9 Å². The van der Waals surface area contributed by atoms with Gasteiger partial charge in [-0.2, -0.15) is 0 Å². The summed E-state index contributed by atoms with van der Waals surface area (Å²) in [7, 11) is 0. The Balaban J connectivity index is 2.46. The van der Waals surface area contributed by atoms with Crippen molar-refractivity contribution in [2.45, 2.75) is 19.8 Å². The standard InChI is InChI=1S/C13H17BrN2O3/c1-8(2-5-12(17)18)7-16-13(19)9-3-4-11(15)10(14)6-9/h3-4,6,8H,2,5,7,15H2,1H3,(H,16,19)(H,17,18). The molecule has 4 N–H and O–H groups in total. The van der Waals surface area contributed by atoms with Crippen LogP contribution in [0.15, 0.2) is 22.7 Å². The van der Waals surface area contributed by atoms with Crippen LogP contribution in [-0.2, 0) is 4.79 Å². The fraction of sp³-hybridized carbons (Fsp3) is 0.385. The average Bonchev–Trinajstić information content (AvgIpc) is 2.36. The predicted octanol–water partition coefficient (Wildman–Crippen LogP) is 2.26. The predicted molar refractivity (Wildman–Crippen MR) is 76.9 cm³/mol. The lowest BCUT2D eigenvalue weighted by Crippen LogP contribution is -2.28. The van der Waals surface area contributed by atoms with E-state index in [2.05, 4.69) is 21.2 Å². The van der Waals surface area contributed by atoms with E-state index in [4.69, 9.17) is 10.8 Å². The van der Waals surface area contributed by atoms with Gasteiger partial charge in [0.1, 0.15) is 0 Å². The molecular weight excluding hydrogens is 312 g/mol. The van der Waals surface area contributed by atoms with E-state index < -0.39 is 5.97 Å². The molecule has 1 rings (SSSR count). The van der Waals surface area contributed by atoms with Gasteiger partial charge in [-0.1, -0.05) is 6.92 Å². The number of amides is 1. The van der Waals surface area contributed by atoms with Gasteiger partial charge in [0.15, 0.2) is 0 Å². The second kappa shape index (κ2) is 7.13. The summed E-state index contributed by atoms with van der Waals surface area (Å²) in [5, 5.41) is 11.3. The molecule has 5 nitrogen and oxygen atoms in total. The molecule has 0 radical (unpaired) electrons. The fourth-order valence-electron chi connectivity index (χ4n) is 1.51. The molecule has 104 valence electrons. The SMILES string of the molecule is CC(CCC(=O)O)CNC(=O)c1ccc(N)c(Br)c1. The van der Waals surface area contributed by atoms with Gasteiger partial charge < -0.3 is 16.2 Å². The first-order valence-corrected chi connectivity index (χ1v) is 6.74. The second-order valence-corrected chi connectivity index (χ2v) is 5.34. The Morgan fingerprint density at radius 1 is 1.47 bits per heavy atom. The average molecular weight is 329 g/mol. The van der Waals surface area contributed by atoms with Crippen molar-refractivity contribution >= 4 is 33.5 Å². The van der Waals surface area contributed by atoms with E-state index in [-0.39, 0.29) is 18.2 Å². The van der Waals surface area contributed by atoms with E-state index in [1.807, 2.05) is 6.92 Å². The number of anilines is 1. The zero-order valence-corrected chi connectivity index (χ0v) is 12.2. The van der Waals surface area contributed by atoms with E-state index in [0.717, 1.165) is 0 Å². The maximum Gasteiger partial charge on any atom is 0.303 e. The van der Waals surface area contributed by atoms with E-state index in [1.54, 1.807) is 18.2 Å². The molecule has 1 atom stereocenters. The van der Waals surface area contributed by atoms with E-state index in [0.29, 0.717) is 28.7 Å². The third-order valence-electron chi connectivity index (χ3n) is 2.72. The molecule has 0 aliphatic heterocycles. The number of carbonyl (C=O) groups is 2. The number of carbonyl (C=O) groups excluding carboxylic acids is 1. The van der Waals surface area contributed by atoms with Gasteiger partial charge in [0.05, 0.1) is 0 Å². The highest BCUT2D eigenvalue weighted by Crippen LogP contribution is 2.20. The number of carboxylic acids is 1. The maximum absolute atomic E-state index is 11.9. The first-order chi connectivity index (χ1) is 8.90. The molecule has 0 heterocycles. The maximum atomic E-state index is 11.9. The number of nitrogen functional groups attached to an aromatic ring is 1. The van der Waals surface area contributed by atoms with E-state index in [1.165, 1.54) is 0 Å². The Hall–Kier alpha value is -1.56. The number of hydrogen-bond acceptors (Lipinski definition) is 3. The summed E-state index contributed by atoms with van der Waals surface area (Å²) in [6, 6.07) is 4.97. The smallest absolute Gasteiger partial charge is 0.303 e. The molecule has 0 spiro atoms. The van der Waals surface area contributed by atoms with Crippen molar-refractivity contribution in [1.82, 2.24) is 5.32 Å². The lowest BCUT2D eigenvalue weighted by molar-refractivity contribution is -0.137. The summed E-state index contributed by atoms with van der Waals surface area (Å²) in [5.74, 6) is -0.888. The molecule has 1 amide bonds. The third-order valence-corrected chi connectivity index (χ3v) is 3.41. The molecule has 0 aromatic heterocycles. The molecule has 0 saturated heterocycles. The largest absolute Gasteiger partial charge is 0.481 e. The van der Waals surface area contributed by atoms with Gasteiger partial charge in [0, 0.05) is 28.7 Å². The Morgan fingerprint density at radius 3 is 2.74 bits per heavy atom. The molecular formula is C13H17BrN2O3. The van der Waals surface area contributed by atoms with Crippen molar-refractivity contribution in [3.63, 3.8) is 0 Å². The Bertz CT molecular complexity index is 477. The lowest BCUT2D eigenvalue weighted by Gasteiger charge is -2.12. The molecule has 0 fully saturated rings. The van der Waals surface area contributed by atoms with Crippen LogP contribution in [0.1, 0.15) is 30.1 Å². The van der Waals surface area contributed by atoms with Gasteiger partial charge >= 0.3 is 5.97 Å². The topological polar surface area (TPSA) is 92.4 Å². The molecule has 6 heteroatoms. The zero-order valence-electron chi connectivity index (χ0n) is 10.6. The van der Waals surface area contributed by atoms with Gasteiger partial charge in [0.25, 0.3) is 5.91 Å². The van der Waals surface area contributed by atoms with Crippen molar-refractivity contribution in [2.24, 2.45) is 5.92 Å². The molecule has 0 bridgehead atoms. The second-order valence-electron chi connectivity index (χ2n) is 4.48. The van der Waals surface area contributed by atoms with Gasteiger partial charge in [-0.15, -0.1) is 0 Å². The summed E-state index contributed by atoms with van der Waals surface area (Å²) < 4.78 is 0.680. The van der Waals surface area contributed by atoms with Gasteiger partial charge in [-0.3, -0.25) is 9.59 Å². The highest BCUT2D eigenvalue weighted by atomic mass is 79.9. The van der Waals surface area contributed by atoms with E-state index in [9.17, 15) is 9.59 Å². The zero-order chi connectivity index (χ0) is 14.4. The van der Waals surface area contributed by atoms with Crippen molar-refractivity contribution < 1.29 is 14.7 Å². The molecule has 0 saturated carbocycles. The Labute approximate surface area is 120 Å². The lowest BCUT2D eigenvalue weighted by atomic mass is 10.1. The van der Waals surface area contributed by atoms with Crippen molar-refractivity contribution in [3.05, 3.63) is 28.2 Å². The van der Waals surface area contributed by atoms with Crippen LogP contribution in [0.2, 0.25) is 0 Å². The molecule has 1 aromatic rings. The number of aliphatic carboxylic acids is 1. The van der Waals surface area contributed by atoms with E-state index >= 15 is 0 Å². The Kier molecular flexibility index (Phi) is 5.82. The number of hydrogen-bond donors (Lipinski definition) is 3. The molecule has 1 aromatic carbocycles. The number of nitrogens with one attached hydrogen (secondary N) is 1. The third kappa shape index (κ3) is 5.30.